The normalized spacial score (nSPS) is 11.1. The maximum Gasteiger partial charge on any atom is 0.239 e. The molecule has 0 aliphatic carbocycles. The lowest BCUT2D eigenvalue weighted by atomic mass is 10.2. The first-order valence-electron chi connectivity index (χ1n) is 6.25. The van der Waals surface area contributed by atoms with E-state index in [9.17, 15) is 13.2 Å². The van der Waals surface area contributed by atoms with E-state index in [1.807, 2.05) is 12.1 Å². The first-order chi connectivity index (χ1) is 9.96. The number of halogens is 1. The van der Waals surface area contributed by atoms with E-state index in [0.717, 1.165) is 0 Å². The maximum atomic E-state index is 12.0. The van der Waals surface area contributed by atoms with Gasteiger partial charge < -0.3 is 5.32 Å². The minimum absolute atomic E-state index is 0.142. The molecule has 0 radical (unpaired) electrons. The average molecular weight is 368 g/mol. The van der Waals surface area contributed by atoms with Gasteiger partial charge in [0.05, 0.1) is 11.4 Å². The molecule has 0 atom stereocenters. The van der Waals surface area contributed by atoms with Crippen LogP contribution in [-0.4, -0.2) is 20.1 Å². The number of carbonyl (C=O) groups is 1. The topological polar surface area (TPSA) is 63.2 Å². The molecule has 1 N–H and O–H groups in total. The number of para-hydroxylation sites is 1. The minimum Gasteiger partial charge on any atom is -0.324 e. The summed E-state index contributed by atoms with van der Waals surface area (Å²) in [5, 5.41) is 2.59. The fourth-order valence-electron chi connectivity index (χ4n) is 1.83. The quantitative estimate of drug-likeness (QED) is 0.883. The predicted octanol–water partition coefficient (Wildman–Crippen LogP) is 3.00. The molecule has 0 aliphatic heterocycles. The molecule has 0 bridgehead atoms. The van der Waals surface area contributed by atoms with Crippen molar-refractivity contribution in [3.05, 3.63) is 64.6 Å². The molecule has 2 aromatic carbocycles. The Morgan fingerprint density at radius 2 is 1.62 bits per heavy atom. The Morgan fingerprint density at radius 3 is 2.29 bits per heavy atom. The highest BCUT2D eigenvalue weighted by Gasteiger charge is 2.18. The molecule has 0 saturated heterocycles. The van der Waals surface area contributed by atoms with Crippen LogP contribution < -0.4 is 5.32 Å². The van der Waals surface area contributed by atoms with Crippen molar-refractivity contribution >= 4 is 37.4 Å². The van der Waals surface area contributed by atoms with Gasteiger partial charge in [0.15, 0.2) is 9.84 Å². The lowest BCUT2D eigenvalue weighted by Gasteiger charge is -2.08. The van der Waals surface area contributed by atoms with Crippen molar-refractivity contribution in [2.24, 2.45) is 0 Å². The van der Waals surface area contributed by atoms with E-state index in [1.165, 1.54) is 0 Å². The van der Waals surface area contributed by atoms with Crippen LogP contribution >= 0.6 is 15.9 Å². The van der Waals surface area contributed by atoms with Crippen LogP contribution in [0.25, 0.3) is 0 Å². The molecule has 0 aromatic heterocycles. The van der Waals surface area contributed by atoms with Gasteiger partial charge >= 0.3 is 0 Å². The standard InChI is InChI=1S/C15H14BrNO3S/c16-13-8-4-5-9-14(13)17-15(18)11-21(19,20)10-12-6-2-1-3-7-12/h1-9H,10-11H2,(H,17,18). The highest BCUT2D eigenvalue weighted by molar-refractivity contribution is 9.10. The van der Waals surface area contributed by atoms with Gasteiger partial charge in [-0.3, -0.25) is 4.79 Å². The van der Waals surface area contributed by atoms with Crippen LogP contribution in [0, 0.1) is 0 Å². The highest BCUT2D eigenvalue weighted by atomic mass is 79.9. The number of hydrogen-bond acceptors (Lipinski definition) is 3. The second kappa shape index (κ2) is 6.87. The van der Waals surface area contributed by atoms with Crippen molar-refractivity contribution in [1.82, 2.24) is 0 Å². The van der Waals surface area contributed by atoms with Crippen LogP contribution in [0.4, 0.5) is 5.69 Å². The van der Waals surface area contributed by atoms with Gasteiger partial charge in [0.2, 0.25) is 5.91 Å². The minimum atomic E-state index is -3.49. The Labute approximate surface area is 132 Å². The zero-order chi connectivity index (χ0) is 15.3. The first kappa shape index (κ1) is 15.7. The van der Waals surface area contributed by atoms with E-state index in [0.29, 0.717) is 15.7 Å². The summed E-state index contributed by atoms with van der Waals surface area (Å²) in [7, 11) is -3.49. The first-order valence-corrected chi connectivity index (χ1v) is 8.86. The molecule has 0 saturated carbocycles. The van der Waals surface area contributed by atoms with E-state index in [1.54, 1.807) is 42.5 Å². The average Bonchev–Trinajstić information content (AvgIpc) is 2.41. The van der Waals surface area contributed by atoms with Crippen molar-refractivity contribution in [3.8, 4) is 0 Å². The number of sulfone groups is 1. The van der Waals surface area contributed by atoms with E-state index in [-0.39, 0.29) is 5.75 Å². The molecular weight excluding hydrogens is 354 g/mol. The van der Waals surface area contributed by atoms with Gasteiger partial charge in [-0.1, -0.05) is 42.5 Å². The SMILES string of the molecule is O=C(CS(=O)(=O)Cc1ccccc1)Nc1ccccc1Br. The Bertz CT molecular complexity index is 730. The zero-order valence-electron chi connectivity index (χ0n) is 11.1. The molecule has 0 heterocycles. The van der Waals surface area contributed by atoms with Crippen LogP contribution in [0.15, 0.2) is 59.1 Å². The van der Waals surface area contributed by atoms with E-state index < -0.39 is 21.5 Å². The Kier molecular flexibility index (Phi) is 5.14. The van der Waals surface area contributed by atoms with Gasteiger partial charge in [-0.25, -0.2) is 8.42 Å². The molecule has 0 unspecified atom stereocenters. The van der Waals surface area contributed by atoms with Gasteiger partial charge in [-0.15, -0.1) is 0 Å². The molecule has 110 valence electrons. The van der Waals surface area contributed by atoms with Gasteiger partial charge in [-0.2, -0.15) is 0 Å². The van der Waals surface area contributed by atoms with E-state index in [2.05, 4.69) is 21.2 Å². The summed E-state index contributed by atoms with van der Waals surface area (Å²) in [6.07, 6.45) is 0. The summed E-state index contributed by atoms with van der Waals surface area (Å²) in [5.41, 5.74) is 1.23. The third-order valence-electron chi connectivity index (χ3n) is 2.73. The van der Waals surface area contributed by atoms with Crippen LogP contribution in [0.5, 0.6) is 0 Å². The summed E-state index contributed by atoms with van der Waals surface area (Å²) in [6.45, 7) is 0. The number of nitrogens with one attached hydrogen (secondary N) is 1. The molecule has 2 aromatic rings. The number of benzene rings is 2. The number of anilines is 1. The number of rotatable bonds is 5. The number of amides is 1. The molecule has 2 rings (SSSR count). The molecule has 6 heteroatoms. The van der Waals surface area contributed by atoms with Crippen LogP contribution in [0.1, 0.15) is 5.56 Å². The molecule has 0 aliphatic rings. The van der Waals surface area contributed by atoms with E-state index >= 15 is 0 Å². The van der Waals surface area contributed by atoms with Crippen molar-refractivity contribution in [2.45, 2.75) is 5.75 Å². The Hall–Kier alpha value is -1.66. The predicted molar refractivity (Wildman–Crippen MR) is 86.7 cm³/mol. The van der Waals surface area contributed by atoms with Gasteiger partial charge in [-0.05, 0) is 33.6 Å². The van der Waals surface area contributed by atoms with Crippen LogP contribution in [0.2, 0.25) is 0 Å². The third kappa shape index (κ3) is 4.99. The van der Waals surface area contributed by atoms with Crippen molar-refractivity contribution in [3.63, 3.8) is 0 Å². The van der Waals surface area contributed by atoms with E-state index in [4.69, 9.17) is 0 Å². The molecular formula is C15H14BrNO3S. The molecule has 4 nitrogen and oxygen atoms in total. The second-order valence-corrected chi connectivity index (χ2v) is 7.46. The second-order valence-electron chi connectivity index (χ2n) is 4.55. The number of hydrogen-bond donors (Lipinski definition) is 1. The summed E-state index contributed by atoms with van der Waals surface area (Å²) >= 11 is 3.29. The Balaban J connectivity index is 2.00. The molecule has 21 heavy (non-hydrogen) atoms. The summed E-state index contributed by atoms with van der Waals surface area (Å²) in [4.78, 5) is 11.9. The highest BCUT2D eigenvalue weighted by Crippen LogP contribution is 2.21. The summed E-state index contributed by atoms with van der Waals surface area (Å²) in [5.74, 6) is -1.22. The van der Waals surface area contributed by atoms with Crippen LogP contribution in [-0.2, 0) is 20.4 Å². The monoisotopic (exact) mass is 367 g/mol. The van der Waals surface area contributed by atoms with Crippen LogP contribution in [0.3, 0.4) is 0 Å². The fraction of sp³-hybridized carbons (Fsp3) is 0.133. The third-order valence-corrected chi connectivity index (χ3v) is 4.90. The molecule has 0 spiro atoms. The molecule has 1 amide bonds. The van der Waals surface area contributed by atoms with Gasteiger partial charge in [0, 0.05) is 4.47 Å². The lowest BCUT2D eigenvalue weighted by molar-refractivity contribution is -0.113. The Morgan fingerprint density at radius 1 is 1.00 bits per heavy atom. The van der Waals surface area contributed by atoms with Gasteiger partial charge in [0.1, 0.15) is 5.75 Å². The lowest BCUT2D eigenvalue weighted by Crippen LogP contribution is -2.24. The van der Waals surface area contributed by atoms with Crippen molar-refractivity contribution < 1.29 is 13.2 Å². The zero-order valence-corrected chi connectivity index (χ0v) is 13.5. The van der Waals surface area contributed by atoms with Gasteiger partial charge in [0.25, 0.3) is 0 Å². The summed E-state index contributed by atoms with van der Waals surface area (Å²) < 4.78 is 24.7. The van der Waals surface area contributed by atoms with Crippen molar-refractivity contribution in [2.75, 3.05) is 11.1 Å². The van der Waals surface area contributed by atoms with Crippen molar-refractivity contribution in [1.29, 1.82) is 0 Å². The molecule has 0 fully saturated rings. The number of carbonyl (C=O) groups excluding carboxylic acids is 1. The largest absolute Gasteiger partial charge is 0.324 e. The maximum absolute atomic E-state index is 12.0. The summed E-state index contributed by atoms with van der Waals surface area (Å²) in [6, 6.07) is 15.9. The smallest absolute Gasteiger partial charge is 0.239 e. The fourth-order valence-corrected chi connectivity index (χ4v) is 3.49.